The zero-order chi connectivity index (χ0) is 20.1. The lowest BCUT2D eigenvalue weighted by molar-refractivity contribution is 0.139. The molecule has 0 aromatic heterocycles. The minimum Gasteiger partial charge on any atom is -0.493 e. The van der Waals surface area contributed by atoms with Gasteiger partial charge in [-0.25, -0.2) is 0 Å². The van der Waals surface area contributed by atoms with Crippen LogP contribution in [0.5, 0.6) is 11.5 Å². The van der Waals surface area contributed by atoms with Crippen LogP contribution in [0.4, 0.5) is 0 Å². The first kappa shape index (κ1) is 23.8. The molecule has 4 nitrogen and oxygen atoms in total. The highest BCUT2D eigenvalue weighted by atomic mass is 79.9. The topological polar surface area (TPSA) is 40.0 Å². The number of hydrogen-bond acceptors (Lipinski definition) is 4. The molecule has 0 saturated carbocycles. The number of ether oxygens (including phenoxy) is 2. The average molecular weight is 461 g/mol. The summed E-state index contributed by atoms with van der Waals surface area (Å²) in [4.78, 5) is 5.20. The van der Waals surface area contributed by atoms with Gasteiger partial charge in [-0.05, 0) is 98.1 Å². The van der Waals surface area contributed by atoms with Gasteiger partial charge < -0.3 is 14.3 Å². The molecular weight excluding hydrogens is 430 g/mol. The summed E-state index contributed by atoms with van der Waals surface area (Å²) in [6.07, 6.45) is 6.97. The van der Waals surface area contributed by atoms with E-state index in [0.29, 0.717) is 17.2 Å². The van der Waals surface area contributed by atoms with Crippen LogP contribution in [-0.4, -0.2) is 25.5 Å². The molecule has 1 aromatic rings. The number of rotatable bonds is 13. The average Bonchev–Trinajstić information content (AvgIpc) is 2.60. The Hall–Kier alpha value is -1.20. The van der Waals surface area contributed by atoms with Gasteiger partial charge in [-0.15, -0.1) is 0 Å². The summed E-state index contributed by atoms with van der Waals surface area (Å²) in [6.45, 7) is 9.88. The first-order valence-corrected chi connectivity index (χ1v) is 10.6. The van der Waals surface area contributed by atoms with Gasteiger partial charge >= 0.3 is 0 Å². The van der Waals surface area contributed by atoms with Gasteiger partial charge in [0.25, 0.3) is 0 Å². The van der Waals surface area contributed by atoms with E-state index in [2.05, 4.69) is 34.9 Å². The molecule has 0 fully saturated rings. The maximum atomic E-state index is 6.07. The molecule has 0 N–H and O–H groups in total. The monoisotopic (exact) mass is 459 g/mol. The molecule has 0 atom stereocenters. The number of benzene rings is 1. The van der Waals surface area contributed by atoms with E-state index in [9.17, 15) is 0 Å². The second-order valence-corrected chi connectivity index (χ2v) is 8.24. The zero-order valence-corrected chi connectivity index (χ0v) is 19.2. The van der Waals surface area contributed by atoms with Crippen LogP contribution in [-0.2, 0) is 11.3 Å². The number of oxime groups is 1. The number of hydrogen-bond donors (Lipinski definition) is 0. The molecule has 1 rings (SSSR count). The lowest BCUT2D eigenvalue weighted by Gasteiger charge is -2.15. The van der Waals surface area contributed by atoms with E-state index in [-0.39, 0.29) is 0 Å². The van der Waals surface area contributed by atoms with Crippen molar-refractivity contribution in [3.8, 4) is 11.5 Å². The SMILES string of the molecule is CCc1cc(OC/C=C(/Cl)Br)cc(C)c1OCCCCCCON=C(C)C. The molecule has 27 heavy (non-hydrogen) atoms. The lowest BCUT2D eigenvalue weighted by atomic mass is 10.1. The molecule has 0 aliphatic carbocycles. The van der Waals surface area contributed by atoms with Gasteiger partial charge in [0.15, 0.2) is 0 Å². The van der Waals surface area contributed by atoms with Gasteiger partial charge in [0.2, 0.25) is 0 Å². The second kappa shape index (κ2) is 13.9. The van der Waals surface area contributed by atoms with Gasteiger partial charge in [0, 0.05) is 0 Å². The number of unbranched alkanes of at least 4 members (excludes halogenated alkanes) is 3. The van der Waals surface area contributed by atoms with Gasteiger partial charge in [-0.2, -0.15) is 0 Å². The fourth-order valence-electron chi connectivity index (χ4n) is 2.54. The van der Waals surface area contributed by atoms with E-state index in [4.69, 9.17) is 25.9 Å². The summed E-state index contributed by atoms with van der Waals surface area (Å²) in [6, 6.07) is 4.06. The molecule has 0 unspecified atom stereocenters. The third-order valence-electron chi connectivity index (χ3n) is 3.82. The van der Waals surface area contributed by atoms with Crippen molar-refractivity contribution in [1.82, 2.24) is 0 Å². The molecule has 152 valence electrons. The van der Waals surface area contributed by atoms with Crippen molar-refractivity contribution in [2.75, 3.05) is 19.8 Å². The van der Waals surface area contributed by atoms with E-state index < -0.39 is 0 Å². The Morgan fingerprint density at radius 1 is 1.11 bits per heavy atom. The van der Waals surface area contributed by atoms with Crippen molar-refractivity contribution in [3.05, 3.63) is 33.3 Å². The second-order valence-electron chi connectivity index (χ2n) is 6.52. The van der Waals surface area contributed by atoms with Crippen molar-refractivity contribution in [1.29, 1.82) is 0 Å². The van der Waals surface area contributed by atoms with Gasteiger partial charge in [-0.1, -0.05) is 23.7 Å². The number of aryl methyl sites for hydroxylation is 2. The van der Waals surface area contributed by atoms with Gasteiger partial charge in [0.1, 0.15) is 24.7 Å². The molecule has 0 amide bonds. The van der Waals surface area contributed by atoms with Crippen molar-refractivity contribution in [2.24, 2.45) is 5.16 Å². The van der Waals surface area contributed by atoms with Crippen LogP contribution in [0.3, 0.4) is 0 Å². The maximum Gasteiger partial charge on any atom is 0.125 e. The normalized spacial score (nSPS) is 11.3. The summed E-state index contributed by atoms with van der Waals surface area (Å²) in [5, 5.41) is 3.93. The largest absolute Gasteiger partial charge is 0.493 e. The van der Waals surface area contributed by atoms with Gasteiger partial charge in [0.05, 0.1) is 16.3 Å². The zero-order valence-electron chi connectivity index (χ0n) is 16.8. The molecule has 0 aliphatic rings. The van der Waals surface area contributed by atoms with Gasteiger partial charge in [-0.3, -0.25) is 0 Å². The lowest BCUT2D eigenvalue weighted by Crippen LogP contribution is -2.03. The Morgan fingerprint density at radius 2 is 1.81 bits per heavy atom. The molecular formula is C21H31BrClNO3. The van der Waals surface area contributed by atoms with E-state index in [1.807, 2.05) is 26.0 Å². The smallest absolute Gasteiger partial charge is 0.125 e. The quantitative estimate of drug-likeness (QED) is 0.185. The van der Waals surface area contributed by atoms with E-state index in [1.165, 1.54) is 5.56 Å². The fourth-order valence-corrected chi connectivity index (χ4v) is 2.73. The molecule has 0 bridgehead atoms. The van der Waals surface area contributed by atoms with Crippen molar-refractivity contribution in [2.45, 2.75) is 59.8 Å². The third kappa shape index (κ3) is 10.6. The van der Waals surface area contributed by atoms with Crippen LogP contribution in [0, 0.1) is 6.92 Å². The predicted molar refractivity (Wildman–Crippen MR) is 118 cm³/mol. The molecule has 0 radical (unpaired) electrons. The Labute approximate surface area is 177 Å². The van der Waals surface area contributed by atoms with Crippen molar-refractivity contribution < 1.29 is 14.3 Å². The van der Waals surface area contributed by atoms with Crippen LogP contribution >= 0.6 is 27.5 Å². The van der Waals surface area contributed by atoms with Crippen LogP contribution in [0.15, 0.2) is 27.3 Å². The van der Waals surface area contributed by atoms with E-state index >= 15 is 0 Å². The van der Waals surface area contributed by atoms with Crippen LogP contribution in [0.1, 0.15) is 57.6 Å². The van der Waals surface area contributed by atoms with Crippen LogP contribution < -0.4 is 9.47 Å². The first-order chi connectivity index (χ1) is 12.9. The summed E-state index contributed by atoms with van der Waals surface area (Å²) in [5.74, 6) is 1.82. The Bertz CT molecular complexity index is 624. The Kier molecular flexibility index (Phi) is 12.3. The highest BCUT2D eigenvalue weighted by Gasteiger charge is 2.09. The maximum absolute atomic E-state index is 6.07. The fraction of sp³-hybridized carbons (Fsp3) is 0.571. The molecule has 1 aromatic carbocycles. The van der Waals surface area contributed by atoms with Crippen molar-refractivity contribution in [3.63, 3.8) is 0 Å². The Balaban J connectivity index is 2.39. The van der Waals surface area contributed by atoms with E-state index in [1.54, 1.807) is 6.08 Å². The Morgan fingerprint density at radius 3 is 2.44 bits per heavy atom. The standard InChI is InChI=1S/C21H31BrClNO3/c1-5-18-15-19(25-13-10-20(22)23)14-17(4)21(18)26-11-8-6-7-9-12-27-24-16(2)3/h10,14-15H,5-9,11-13H2,1-4H3/b20-10+. The summed E-state index contributed by atoms with van der Waals surface area (Å²) >= 11 is 8.94. The third-order valence-corrected chi connectivity index (χ3v) is 4.30. The minimum atomic E-state index is 0.430. The molecule has 0 saturated heterocycles. The number of nitrogens with zero attached hydrogens (tertiary/aromatic N) is 1. The summed E-state index contributed by atoms with van der Waals surface area (Å²) < 4.78 is 12.3. The minimum absolute atomic E-state index is 0.430. The highest BCUT2D eigenvalue weighted by Crippen LogP contribution is 2.30. The predicted octanol–water partition coefficient (Wildman–Crippen LogP) is 6.76. The molecule has 0 spiro atoms. The van der Waals surface area contributed by atoms with Crippen LogP contribution in [0.2, 0.25) is 0 Å². The highest BCUT2D eigenvalue weighted by molar-refractivity contribution is 9.12. The van der Waals surface area contributed by atoms with E-state index in [0.717, 1.165) is 61.5 Å². The summed E-state index contributed by atoms with van der Waals surface area (Å²) in [5.41, 5.74) is 3.21. The first-order valence-electron chi connectivity index (χ1n) is 9.47. The number of halogens is 2. The summed E-state index contributed by atoms with van der Waals surface area (Å²) in [7, 11) is 0. The van der Waals surface area contributed by atoms with Crippen LogP contribution in [0.25, 0.3) is 0 Å². The van der Waals surface area contributed by atoms with Crippen molar-refractivity contribution >= 4 is 33.2 Å². The molecule has 0 aliphatic heterocycles. The molecule has 6 heteroatoms. The molecule has 0 heterocycles.